The van der Waals surface area contributed by atoms with E-state index in [1.807, 2.05) is 0 Å². The number of alkyl halides is 3. The van der Waals surface area contributed by atoms with Gasteiger partial charge >= 0.3 is 6.36 Å². The maximum absolute atomic E-state index is 12.0. The van der Waals surface area contributed by atoms with Gasteiger partial charge in [-0.05, 0) is 12.1 Å². The van der Waals surface area contributed by atoms with Gasteiger partial charge in [-0.2, -0.15) is 0 Å². The molecular formula is C11H12F3NO2. The molecule has 1 atom stereocenters. The molecule has 2 N–H and O–H groups in total. The summed E-state index contributed by atoms with van der Waals surface area (Å²) >= 11 is 0. The minimum Gasteiger partial charge on any atom is -0.496 e. The highest BCUT2D eigenvalue weighted by molar-refractivity contribution is 5.43. The monoisotopic (exact) mass is 247 g/mol. The van der Waals surface area contributed by atoms with Crippen molar-refractivity contribution in [3.05, 3.63) is 36.4 Å². The molecule has 0 bridgehead atoms. The molecular weight excluding hydrogens is 235 g/mol. The van der Waals surface area contributed by atoms with Crippen molar-refractivity contribution in [2.75, 3.05) is 7.11 Å². The third-order valence-electron chi connectivity index (χ3n) is 2.05. The first-order valence-electron chi connectivity index (χ1n) is 4.69. The lowest BCUT2D eigenvalue weighted by atomic mass is 10.1. The van der Waals surface area contributed by atoms with E-state index in [0.717, 1.165) is 6.07 Å². The first-order chi connectivity index (χ1) is 7.87. The van der Waals surface area contributed by atoms with Crippen LogP contribution in [-0.2, 0) is 0 Å². The van der Waals surface area contributed by atoms with Gasteiger partial charge in [-0.3, -0.25) is 0 Å². The normalized spacial score (nSPS) is 13.0. The van der Waals surface area contributed by atoms with E-state index in [-0.39, 0.29) is 11.5 Å². The van der Waals surface area contributed by atoms with Gasteiger partial charge in [-0.15, -0.1) is 19.8 Å². The maximum Gasteiger partial charge on any atom is 0.573 e. The molecule has 0 radical (unpaired) electrons. The van der Waals surface area contributed by atoms with Crippen LogP contribution in [0.2, 0.25) is 0 Å². The third kappa shape index (κ3) is 3.67. The molecule has 1 aromatic rings. The third-order valence-corrected chi connectivity index (χ3v) is 2.05. The topological polar surface area (TPSA) is 44.5 Å². The van der Waals surface area contributed by atoms with Crippen LogP contribution in [-0.4, -0.2) is 13.5 Å². The molecule has 0 aromatic heterocycles. The van der Waals surface area contributed by atoms with Gasteiger partial charge < -0.3 is 15.2 Å². The summed E-state index contributed by atoms with van der Waals surface area (Å²) in [6, 6.07) is 3.21. The number of halogens is 3. The first kappa shape index (κ1) is 13.4. The molecule has 0 spiro atoms. The Morgan fingerprint density at radius 1 is 1.41 bits per heavy atom. The smallest absolute Gasteiger partial charge is 0.496 e. The molecule has 17 heavy (non-hydrogen) atoms. The van der Waals surface area contributed by atoms with Crippen molar-refractivity contribution < 1.29 is 22.6 Å². The van der Waals surface area contributed by atoms with Gasteiger partial charge in [0.1, 0.15) is 11.5 Å². The van der Waals surface area contributed by atoms with Gasteiger partial charge in [-0.25, -0.2) is 0 Å². The zero-order valence-electron chi connectivity index (χ0n) is 9.12. The van der Waals surface area contributed by atoms with Gasteiger partial charge in [0, 0.05) is 11.6 Å². The van der Waals surface area contributed by atoms with E-state index in [9.17, 15) is 13.2 Å². The highest BCUT2D eigenvalue weighted by Gasteiger charge is 2.31. The Hall–Kier alpha value is -1.69. The Morgan fingerprint density at radius 3 is 2.53 bits per heavy atom. The summed E-state index contributed by atoms with van der Waals surface area (Å²) in [6.45, 7) is 3.50. The fraction of sp³-hybridized carbons (Fsp3) is 0.273. The van der Waals surface area contributed by atoms with Crippen molar-refractivity contribution in [2.24, 2.45) is 5.73 Å². The molecule has 0 aliphatic rings. The average molecular weight is 247 g/mol. The van der Waals surface area contributed by atoms with Crippen molar-refractivity contribution in [1.29, 1.82) is 0 Å². The Morgan fingerprint density at radius 2 is 2.06 bits per heavy atom. The molecule has 0 heterocycles. The predicted molar refractivity (Wildman–Crippen MR) is 56.8 cm³/mol. The zero-order valence-corrected chi connectivity index (χ0v) is 9.12. The number of hydrogen-bond donors (Lipinski definition) is 1. The maximum atomic E-state index is 12.0. The number of hydrogen-bond acceptors (Lipinski definition) is 3. The van der Waals surface area contributed by atoms with Crippen LogP contribution in [0.5, 0.6) is 11.5 Å². The molecule has 0 aliphatic carbocycles. The summed E-state index contributed by atoms with van der Waals surface area (Å²) in [5, 5.41) is 0. The van der Waals surface area contributed by atoms with Crippen LogP contribution >= 0.6 is 0 Å². The minimum atomic E-state index is -4.73. The van der Waals surface area contributed by atoms with Crippen LogP contribution in [0.1, 0.15) is 11.6 Å². The molecule has 0 unspecified atom stereocenters. The minimum absolute atomic E-state index is 0.221. The standard InChI is InChI=1S/C11H12F3NO2/c1-3-9(15)8-5-4-7(6-10(8)16-2)17-11(12,13)14/h3-6,9H,1,15H2,2H3/t9-/m0/s1. The van der Waals surface area contributed by atoms with Crippen LogP contribution in [0.25, 0.3) is 0 Å². The first-order valence-corrected chi connectivity index (χ1v) is 4.69. The predicted octanol–water partition coefficient (Wildman–Crippen LogP) is 2.78. The average Bonchev–Trinajstić information content (AvgIpc) is 2.25. The van der Waals surface area contributed by atoms with Crippen LogP contribution in [0, 0.1) is 0 Å². The van der Waals surface area contributed by atoms with E-state index in [4.69, 9.17) is 10.5 Å². The Bertz CT molecular complexity index is 404. The van der Waals surface area contributed by atoms with Gasteiger partial charge in [-0.1, -0.05) is 6.08 Å². The zero-order chi connectivity index (χ0) is 13.1. The molecule has 94 valence electrons. The SMILES string of the molecule is C=C[C@H](N)c1ccc(OC(F)(F)F)cc1OC. The molecule has 3 nitrogen and oxygen atoms in total. The van der Waals surface area contributed by atoms with Crippen molar-refractivity contribution in [2.45, 2.75) is 12.4 Å². The van der Waals surface area contributed by atoms with Crippen molar-refractivity contribution in [1.82, 2.24) is 0 Å². The van der Waals surface area contributed by atoms with Gasteiger partial charge in [0.15, 0.2) is 0 Å². The molecule has 0 saturated carbocycles. The van der Waals surface area contributed by atoms with E-state index < -0.39 is 12.4 Å². The second-order valence-electron chi connectivity index (χ2n) is 3.21. The quantitative estimate of drug-likeness (QED) is 0.832. The van der Waals surface area contributed by atoms with E-state index in [2.05, 4.69) is 11.3 Å². The van der Waals surface area contributed by atoms with Crippen LogP contribution < -0.4 is 15.2 Å². The lowest BCUT2D eigenvalue weighted by Gasteiger charge is -2.15. The van der Waals surface area contributed by atoms with E-state index in [1.165, 1.54) is 25.3 Å². The summed E-state index contributed by atoms with van der Waals surface area (Å²) in [5.74, 6) is -0.131. The summed E-state index contributed by atoms with van der Waals surface area (Å²) in [4.78, 5) is 0. The van der Waals surface area contributed by atoms with Crippen LogP contribution in [0.3, 0.4) is 0 Å². The fourth-order valence-corrected chi connectivity index (χ4v) is 1.29. The van der Waals surface area contributed by atoms with Crippen LogP contribution in [0.15, 0.2) is 30.9 Å². The van der Waals surface area contributed by atoms with E-state index in [0.29, 0.717) is 5.56 Å². The van der Waals surface area contributed by atoms with E-state index >= 15 is 0 Å². The van der Waals surface area contributed by atoms with Gasteiger partial charge in [0.05, 0.1) is 13.2 Å². The molecule has 1 rings (SSSR count). The van der Waals surface area contributed by atoms with Gasteiger partial charge in [0.2, 0.25) is 0 Å². The Balaban J connectivity index is 3.04. The second kappa shape index (κ2) is 5.09. The van der Waals surface area contributed by atoms with Crippen molar-refractivity contribution in [3.8, 4) is 11.5 Å². The summed E-state index contributed by atoms with van der Waals surface area (Å²) in [5.41, 5.74) is 6.23. The molecule has 6 heteroatoms. The number of ether oxygens (including phenoxy) is 2. The highest BCUT2D eigenvalue weighted by Crippen LogP contribution is 2.31. The van der Waals surface area contributed by atoms with Crippen molar-refractivity contribution >= 4 is 0 Å². The molecule has 1 aromatic carbocycles. The van der Waals surface area contributed by atoms with Crippen LogP contribution in [0.4, 0.5) is 13.2 Å². The summed E-state index contributed by atoms with van der Waals surface area (Å²) < 4.78 is 44.7. The number of nitrogens with two attached hydrogens (primary N) is 1. The molecule has 0 amide bonds. The summed E-state index contributed by atoms with van der Waals surface area (Å²) in [6.07, 6.45) is -3.27. The number of rotatable bonds is 4. The molecule has 0 aliphatic heterocycles. The highest BCUT2D eigenvalue weighted by atomic mass is 19.4. The largest absolute Gasteiger partial charge is 0.573 e. The second-order valence-corrected chi connectivity index (χ2v) is 3.21. The number of methoxy groups -OCH3 is 1. The molecule has 0 saturated heterocycles. The fourth-order valence-electron chi connectivity index (χ4n) is 1.29. The van der Waals surface area contributed by atoms with Crippen molar-refractivity contribution in [3.63, 3.8) is 0 Å². The Labute approximate surface area is 96.6 Å². The summed E-state index contributed by atoms with van der Waals surface area (Å²) in [7, 11) is 1.34. The lowest BCUT2D eigenvalue weighted by molar-refractivity contribution is -0.274. The Kier molecular flexibility index (Phi) is 4.01. The van der Waals surface area contributed by atoms with Gasteiger partial charge in [0.25, 0.3) is 0 Å². The molecule has 0 fully saturated rings. The van der Waals surface area contributed by atoms with E-state index in [1.54, 1.807) is 0 Å². The lowest BCUT2D eigenvalue weighted by Crippen LogP contribution is -2.17. The number of benzene rings is 1.